The van der Waals surface area contributed by atoms with E-state index in [9.17, 15) is 9.59 Å². The highest BCUT2D eigenvalue weighted by Crippen LogP contribution is 2.36. The fraction of sp³-hybridized carbons (Fsp3) is 0.318. The third-order valence-electron chi connectivity index (χ3n) is 4.96. The summed E-state index contributed by atoms with van der Waals surface area (Å²) in [6.07, 6.45) is 1.93. The summed E-state index contributed by atoms with van der Waals surface area (Å²) in [5.41, 5.74) is 0.684. The van der Waals surface area contributed by atoms with E-state index in [2.05, 4.69) is 10.4 Å². The molecule has 0 spiro atoms. The fourth-order valence-corrected chi connectivity index (χ4v) is 3.32. The summed E-state index contributed by atoms with van der Waals surface area (Å²) < 4.78 is 13.8. The van der Waals surface area contributed by atoms with Gasteiger partial charge in [0.05, 0.1) is 13.7 Å². The van der Waals surface area contributed by atoms with Crippen molar-refractivity contribution in [3.05, 3.63) is 64.0 Å². The molecule has 2 aromatic carbocycles. The summed E-state index contributed by atoms with van der Waals surface area (Å²) in [6.45, 7) is 0.422. The maximum Gasteiger partial charge on any atom is 0.346 e. The Labute approximate surface area is 184 Å². The minimum Gasteiger partial charge on any atom is -0.497 e. The molecule has 162 valence electrons. The lowest BCUT2D eigenvalue weighted by molar-refractivity contribution is -0.123. The van der Waals surface area contributed by atoms with Crippen LogP contribution in [0.4, 0.5) is 0 Å². The second kappa shape index (κ2) is 9.26. The Morgan fingerprint density at radius 1 is 1.13 bits per heavy atom. The average molecular weight is 443 g/mol. The number of rotatable bonds is 9. The smallest absolute Gasteiger partial charge is 0.346 e. The predicted octanol–water partition coefficient (Wildman–Crippen LogP) is 2.90. The van der Waals surface area contributed by atoms with E-state index in [4.69, 9.17) is 21.1 Å². The monoisotopic (exact) mass is 442 g/mol. The van der Waals surface area contributed by atoms with E-state index in [1.54, 1.807) is 35.9 Å². The molecule has 3 aromatic rings. The lowest BCUT2D eigenvalue weighted by Crippen LogP contribution is -2.34. The van der Waals surface area contributed by atoms with Crippen LogP contribution >= 0.6 is 11.6 Å². The van der Waals surface area contributed by atoms with E-state index in [0.717, 1.165) is 24.2 Å². The van der Waals surface area contributed by atoms with Gasteiger partial charge in [0.2, 0.25) is 0 Å². The van der Waals surface area contributed by atoms with Crippen molar-refractivity contribution in [2.24, 2.45) is 0 Å². The zero-order valence-electron chi connectivity index (χ0n) is 17.1. The second-order valence-electron chi connectivity index (χ2n) is 7.25. The van der Waals surface area contributed by atoms with Crippen molar-refractivity contribution in [2.45, 2.75) is 25.4 Å². The number of carbonyl (C=O) groups is 1. The molecule has 1 N–H and O–H groups in total. The van der Waals surface area contributed by atoms with Crippen LogP contribution in [0.5, 0.6) is 11.5 Å². The number of methoxy groups -OCH3 is 1. The number of nitrogens with one attached hydrogen (secondary N) is 1. The second-order valence-corrected chi connectivity index (χ2v) is 7.69. The minimum atomic E-state index is -0.278. The molecule has 1 heterocycles. The van der Waals surface area contributed by atoms with Crippen molar-refractivity contribution in [1.29, 1.82) is 0 Å². The first-order valence-electron chi connectivity index (χ1n) is 10.0. The fourth-order valence-electron chi connectivity index (χ4n) is 3.20. The van der Waals surface area contributed by atoms with E-state index < -0.39 is 0 Å². The molecule has 0 radical (unpaired) electrons. The third-order valence-corrected chi connectivity index (χ3v) is 5.21. The van der Waals surface area contributed by atoms with Gasteiger partial charge in [-0.1, -0.05) is 11.6 Å². The molecule has 1 aliphatic rings. The van der Waals surface area contributed by atoms with E-state index in [-0.39, 0.29) is 37.3 Å². The summed E-state index contributed by atoms with van der Waals surface area (Å²) in [6, 6.07) is 14.4. The van der Waals surface area contributed by atoms with Gasteiger partial charge in [0.15, 0.2) is 12.4 Å². The quantitative estimate of drug-likeness (QED) is 0.550. The topological polar surface area (TPSA) is 87.4 Å². The minimum absolute atomic E-state index is 0.121. The van der Waals surface area contributed by atoms with Crippen molar-refractivity contribution in [1.82, 2.24) is 19.7 Å². The zero-order valence-corrected chi connectivity index (χ0v) is 17.8. The van der Waals surface area contributed by atoms with Gasteiger partial charge in [-0.05, 0) is 61.4 Å². The number of ether oxygens (including phenoxy) is 2. The van der Waals surface area contributed by atoms with Gasteiger partial charge >= 0.3 is 5.69 Å². The zero-order chi connectivity index (χ0) is 21.8. The first-order chi connectivity index (χ1) is 15.0. The Kier molecular flexibility index (Phi) is 6.27. The lowest BCUT2D eigenvalue weighted by Gasteiger charge is -2.07. The van der Waals surface area contributed by atoms with Gasteiger partial charge < -0.3 is 14.8 Å². The molecule has 0 unspecified atom stereocenters. The Morgan fingerprint density at radius 2 is 1.81 bits per heavy atom. The van der Waals surface area contributed by atoms with Crippen LogP contribution in [0.25, 0.3) is 11.4 Å². The average Bonchev–Trinajstić information content (AvgIpc) is 3.57. The Hall–Kier alpha value is -3.26. The highest BCUT2D eigenvalue weighted by molar-refractivity contribution is 6.30. The normalized spacial score (nSPS) is 13.1. The van der Waals surface area contributed by atoms with Crippen molar-refractivity contribution in [3.63, 3.8) is 0 Å². The number of carbonyl (C=O) groups excluding carboxylic acids is 1. The first kappa shape index (κ1) is 21.0. The maximum absolute atomic E-state index is 12.9. The molecule has 4 rings (SSSR count). The summed E-state index contributed by atoms with van der Waals surface area (Å²) in [5, 5.41) is 7.88. The molecular weight excluding hydrogens is 420 g/mol. The van der Waals surface area contributed by atoms with Crippen molar-refractivity contribution < 1.29 is 14.3 Å². The molecule has 1 fully saturated rings. The van der Waals surface area contributed by atoms with Crippen LogP contribution in [0.1, 0.15) is 18.9 Å². The highest BCUT2D eigenvalue weighted by atomic mass is 35.5. The van der Waals surface area contributed by atoms with Crippen LogP contribution < -0.4 is 20.5 Å². The van der Waals surface area contributed by atoms with Gasteiger partial charge in [-0.3, -0.25) is 9.36 Å². The van der Waals surface area contributed by atoms with Gasteiger partial charge in [-0.2, -0.15) is 0 Å². The number of halogens is 1. The van der Waals surface area contributed by atoms with Gasteiger partial charge in [-0.25, -0.2) is 9.48 Å². The first-order valence-corrected chi connectivity index (χ1v) is 10.4. The van der Waals surface area contributed by atoms with Crippen LogP contribution in [0.2, 0.25) is 5.02 Å². The number of hydrogen-bond donors (Lipinski definition) is 1. The molecule has 0 saturated heterocycles. The molecule has 0 aliphatic heterocycles. The molecule has 1 amide bonds. The summed E-state index contributed by atoms with van der Waals surface area (Å²) in [5.74, 6) is 1.66. The molecule has 1 aromatic heterocycles. The standard InChI is InChI=1S/C22H23ClN4O4/c1-30-18-8-2-15(3-9-18)21-25-26(22(29)27(21)17-6-7-17)13-12-24-20(28)14-31-19-10-4-16(23)5-11-19/h2-5,8-11,17H,6-7,12-14H2,1H3,(H,24,28). The number of amides is 1. The molecule has 0 bridgehead atoms. The summed E-state index contributed by atoms with van der Waals surface area (Å²) in [7, 11) is 1.61. The molecule has 1 saturated carbocycles. The van der Waals surface area contributed by atoms with Crippen LogP contribution in [-0.2, 0) is 11.3 Å². The molecule has 9 heteroatoms. The van der Waals surface area contributed by atoms with Gasteiger partial charge in [0.25, 0.3) is 5.91 Å². The molecule has 8 nitrogen and oxygen atoms in total. The molecular formula is C22H23ClN4O4. The van der Waals surface area contributed by atoms with E-state index in [1.807, 2.05) is 24.3 Å². The predicted molar refractivity (Wildman–Crippen MR) is 117 cm³/mol. The molecule has 31 heavy (non-hydrogen) atoms. The van der Waals surface area contributed by atoms with E-state index in [0.29, 0.717) is 16.6 Å². The number of hydrogen-bond acceptors (Lipinski definition) is 5. The van der Waals surface area contributed by atoms with Crippen molar-refractivity contribution in [3.8, 4) is 22.9 Å². The number of benzene rings is 2. The van der Waals surface area contributed by atoms with Crippen molar-refractivity contribution >= 4 is 17.5 Å². The number of nitrogens with zero attached hydrogens (tertiary/aromatic N) is 3. The van der Waals surface area contributed by atoms with E-state index >= 15 is 0 Å². The molecule has 1 aliphatic carbocycles. The molecule has 0 atom stereocenters. The van der Waals surface area contributed by atoms with Crippen LogP contribution in [0.15, 0.2) is 53.3 Å². The largest absolute Gasteiger partial charge is 0.497 e. The summed E-state index contributed by atoms with van der Waals surface area (Å²) in [4.78, 5) is 24.9. The van der Waals surface area contributed by atoms with Crippen molar-refractivity contribution in [2.75, 3.05) is 20.3 Å². The lowest BCUT2D eigenvalue weighted by atomic mass is 10.2. The van der Waals surface area contributed by atoms with Crippen LogP contribution in [0.3, 0.4) is 0 Å². The number of aromatic nitrogens is 3. The highest BCUT2D eigenvalue weighted by Gasteiger charge is 2.30. The van der Waals surface area contributed by atoms with Gasteiger partial charge in [-0.15, -0.1) is 5.10 Å². The van der Waals surface area contributed by atoms with Gasteiger partial charge in [0, 0.05) is 23.2 Å². The SMILES string of the molecule is COc1ccc(-c2nn(CCNC(=O)COc3ccc(Cl)cc3)c(=O)n2C2CC2)cc1. The third kappa shape index (κ3) is 5.08. The Bertz CT molecular complexity index is 1100. The van der Waals surface area contributed by atoms with E-state index in [1.165, 1.54) is 4.68 Å². The van der Waals surface area contributed by atoms with Crippen LogP contribution in [0, 0.1) is 0 Å². The maximum atomic E-state index is 12.9. The summed E-state index contributed by atoms with van der Waals surface area (Å²) >= 11 is 5.83. The van der Waals surface area contributed by atoms with Crippen LogP contribution in [-0.4, -0.2) is 40.5 Å². The Morgan fingerprint density at radius 3 is 2.45 bits per heavy atom. The van der Waals surface area contributed by atoms with Gasteiger partial charge in [0.1, 0.15) is 11.5 Å². The Balaban J connectivity index is 1.37.